The van der Waals surface area contributed by atoms with Crippen LogP contribution in [0.25, 0.3) is 0 Å². The zero-order valence-corrected chi connectivity index (χ0v) is 13.5. The summed E-state index contributed by atoms with van der Waals surface area (Å²) in [7, 11) is 0. The smallest absolute Gasteiger partial charge is 0.0397 e. The fourth-order valence-corrected chi connectivity index (χ4v) is 2.24. The molecule has 4 heteroatoms. The van der Waals surface area contributed by atoms with Crippen molar-refractivity contribution in [3.63, 3.8) is 0 Å². The van der Waals surface area contributed by atoms with Crippen molar-refractivity contribution >= 4 is 22.7 Å². The third-order valence-corrected chi connectivity index (χ3v) is 3.86. The lowest BCUT2D eigenvalue weighted by atomic mass is 9.96. The maximum Gasteiger partial charge on any atom is 0.0397 e. The van der Waals surface area contributed by atoms with Crippen molar-refractivity contribution in [1.29, 1.82) is 0 Å². The molecule has 0 fully saturated rings. The van der Waals surface area contributed by atoms with E-state index < -0.39 is 0 Å². The number of hydrogen-bond acceptors (Lipinski definition) is 4. The molecule has 0 aliphatic carbocycles. The quantitative estimate of drug-likeness (QED) is 0.536. The van der Waals surface area contributed by atoms with Gasteiger partial charge in [0.1, 0.15) is 0 Å². The van der Waals surface area contributed by atoms with Crippen molar-refractivity contribution in [1.82, 2.24) is 0 Å². The maximum absolute atomic E-state index is 5.87. The first-order valence-electron chi connectivity index (χ1n) is 6.89. The minimum atomic E-state index is 0. The standard InChI is InChI=1S/C10H16N2.C7H10N2.2CH4/c1-5-6(2)9(11)8(4)10(12)7(5)3;1-5-2-6(8)4-7(9)3-5;;/h11-12H2,1-4H3;2-4H,8-9H2,1H3;2*1H4. The molecule has 0 unspecified atom stereocenters. The van der Waals surface area contributed by atoms with Gasteiger partial charge >= 0.3 is 0 Å². The Morgan fingerprint density at radius 2 is 0.870 bits per heavy atom. The molecule has 2 rings (SSSR count). The molecule has 0 aliphatic heterocycles. The van der Waals surface area contributed by atoms with Gasteiger partial charge in [-0.25, -0.2) is 0 Å². The van der Waals surface area contributed by atoms with E-state index in [-0.39, 0.29) is 14.9 Å². The predicted octanol–water partition coefficient (Wildman–Crippen LogP) is 4.52. The number of anilines is 4. The van der Waals surface area contributed by atoms with E-state index in [9.17, 15) is 0 Å². The third-order valence-electron chi connectivity index (χ3n) is 3.86. The van der Waals surface area contributed by atoms with Crippen LogP contribution < -0.4 is 22.9 Å². The highest BCUT2D eigenvalue weighted by Crippen LogP contribution is 2.29. The lowest BCUT2D eigenvalue weighted by molar-refractivity contribution is 1.24. The van der Waals surface area contributed by atoms with Crippen LogP contribution in [0.3, 0.4) is 0 Å². The number of benzene rings is 2. The Bertz CT molecular complexity index is 505. The van der Waals surface area contributed by atoms with Crippen LogP contribution >= 0.6 is 0 Å². The second kappa shape index (κ2) is 8.93. The van der Waals surface area contributed by atoms with E-state index in [1.165, 1.54) is 5.56 Å². The molecule has 0 bridgehead atoms. The molecule has 0 radical (unpaired) electrons. The average Bonchev–Trinajstić information content (AvgIpc) is 2.40. The third kappa shape index (κ3) is 5.40. The minimum absolute atomic E-state index is 0. The van der Waals surface area contributed by atoms with Crippen LogP contribution in [0.4, 0.5) is 22.7 Å². The van der Waals surface area contributed by atoms with Crippen molar-refractivity contribution in [2.45, 2.75) is 49.5 Å². The SMILES string of the molecule is C.C.Cc1c(C)c(N)c(C)c(N)c1C.Cc1cc(N)cc(N)c1. The first-order chi connectivity index (χ1) is 9.65. The van der Waals surface area contributed by atoms with Gasteiger partial charge in [0.05, 0.1) is 0 Å². The Kier molecular flexibility index (Phi) is 8.90. The molecule has 2 aromatic rings. The largest absolute Gasteiger partial charge is 0.399 e. The molecule has 0 amide bonds. The van der Waals surface area contributed by atoms with Gasteiger partial charge in [0.2, 0.25) is 0 Å². The van der Waals surface area contributed by atoms with Gasteiger partial charge < -0.3 is 22.9 Å². The van der Waals surface area contributed by atoms with Gasteiger partial charge in [0.15, 0.2) is 0 Å². The fourth-order valence-electron chi connectivity index (χ4n) is 2.24. The summed E-state index contributed by atoms with van der Waals surface area (Å²) < 4.78 is 0. The molecule has 0 saturated carbocycles. The highest BCUT2D eigenvalue weighted by molar-refractivity contribution is 5.70. The molecule has 130 valence electrons. The molecule has 0 heterocycles. The Labute approximate surface area is 141 Å². The normalized spacial score (nSPS) is 9.09. The van der Waals surface area contributed by atoms with E-state index in [2.05, 4.69) is 6.92 Å². The van der Waals surface area contributed by atoms with Gasteiger partial charge in [-0.3, -0.25) is 0 Å². The van der Waals surface area contributed by atoms with E-state index in [1.54, 1.807) is 6.07 Å². The molecular weight excluding hydrogens is 284 g/mol. The van der Waals surface area contributed by atoms with Gasteiger partial charge in [-0.1, -0.05) is 14.9 Å². The molecule has 2 aromatic carbocycles. The second-order valence-corrected chi connectivity index (χ2v) is 5.50. The maximum atomic E-state index is 5.87. The van der Waals surface area contributed by atoms with Crippen LogP contribution in [0.1, 0.15) is 42.7 Å². The van der Waals surface area contributed by atoms with Crippen LogP contribution in [-0.2, 0) is 0 Å². The molecule has 0 aromatic heterocycles. The number of hydrogen-bond donors (Lipinski definition) is 4. The number of aryl methyl sites for hydroxylation is 1. The first kappa shape index (κ1) is 22.9. The summed E-state index contributed by atoms with van der Waals surface area (Å²) in [6.07, 6.45) is 0. The predicted molar refractivity (Wildman–Crippen MR) is 108 cm³/mol. The summed E-state index contributed by atoms with van der Waals surface area (Å²) in [4.78, 5) is 0. The molecule has 23 heavy (non-hydrogen) atoms. The van der Waals surface area contributed by atoms with Crippen LogP contribution in [0.2, 0.25) is 0 Å². The van der Waals surface area contributed by atoms with Gasteiger partial charge in [-0.15, -0.1) is 0 Å². The second-order valence-electron chi connectivity index (χ2n) is 5.50. The molecule has 0 saturated heterocycles. The zero-order valence-electron chi connectivity index (χ0n) is 13.5. The van der Waals surface area contributed by atoms with Crippen LogP contribution in [0.15, 0.2) is 18.2 Å². The molecule has 4 nitrogen and oxygen atoms in total. The van der Waals surface area contributed by atoms with Crippen LogP contribution in [-0.4, -0.2) is 0 Å². The van der Waals surface area contributed by atoms with Gasteiger partial charge in [0.25, 0.3) is 0 Å². The minimum Gasteiger partial charge on any atom is -0.399 e. The van der Waals surface area contributed by atoms with Gasteiger partial charge in [-0.05, 0) is 80.6 Å². The monoisotopic (exact) mass is 318 g/mol. The summed E-state index contributed by atoms with van der Waals surface area (Å²) in [5.41, 5.74) is 31.4. The summed E-state index contributed by atoms with van der Waals surface area (Å²) in [5, 5.41) is 0. The van der Waals surface area contributed by atoms with E-state index in [0.29, 0.717) is 0 Å². The summed E-state index contributed by atoms with van der Waals surface area (Å²) in [6.45, 7) is 10.0. The topological polar surface area (TPSA) is 104 Å². The van der Waals surface area contributed by atoms with Crippen molar-refractivity contribution in [2.24, 2.45) is 0 Å². The van der Waals surface area contributed by atoms with Crippen molar-refractivity contribution in [2.75, 3.05) is 22.9 Å². The Hall–Kier alpha value is -2.36. The van der Waals surface area contributed by atoms with E-state index >= 15 is 0 Å². The van der Waals surface area contributed by atoms with E-state index in [0.717, 1.165) is 45.0 Å². The van der Waals surface area contributed by atoms with Crippen molar-refractivity contribution in [3.05, 3.63) is 46.0 Å². The van der Waals surface area contributed by atoms with E-state index in [4.69, 9.17) is 22.9 Å². The molecular formula is C19H34N4. The van der Waals surface area contributed by atoms with Crippen molar-refractivity contribution < 1.29 is 0 Å². The molecule has 0 spiro atoms. The van der Waals surface area contributed by atoms with Gasteiger partial charge in [0, 0.05) is 22.7 Å². The number of rotatable bonds is 0. The molecule has 8 N–H and O–H groups in total. The highest BCUT2D eigenvalue weighted by atomic mass is 14.6. The van der Waals surface area contributed by atoms with Crippen LogP contribution in [0, 0.1) is 34.6 Å². The van der Waals surface area contributed by atoms with E-state index in [1.807, 2.05) is 39.8 Å². The Morgan fingerprint density at radius 1 is 0.522 bits per heavy atom. The number of nitrogens with two attached hydrogens (primary N) is 4. The van der Waals surface area contributed by atoms with Crippen molar-refractivity contribution in [3.8, 4) is 0 Å². The zero-order chi connectivity index (χ0) is 16.3. The first-order valence-corrected chi connectivity index (χ1v) is 6.89. The summed E-state index contributed by atoms with van der Waals surface area (Å²) >= 11 is 0. The number of nitrogen functional groups attached to an aromatic ring is 4. The highest BCUT2D eigenvalue weighted by Gasteiger charge is 2.09. The van der Waals surface area contributed by atoms with Gasteiger partial charge in [-0.2, -0.15) is 0 Å². The Morgan fingerprint density at radius 3 is 1.17 bits per heavy atom. The summed E-state index contributed by atoms with van der Waals surface area (Å²) in [6, 6.07) is 5.51. The summed E-state index contributed by atoms with van der Waals surface area (Å²) in [5.74, 6) is 0. The van der Waals surface area contributed by atoms with Crippen LogP contribution in [0.5, 0.6) is 0 Å². The average molecular weight is 319 g/mol. The lowest BCUT2D eigenvalue weighted by Crippen LogP contribution is -2.04. The Balaban J connectivity index is 0. The molecule has 0 atom stereocenters. The molecule has 0 aliphatic rings. The fraction of sp³-hybridized carbons (Fsp3) is 0.368. The lowest BCUT2D eigenvalue weighted by Gasteiger charge is -2.14.